The Hall–Kier alpha value is -2.35. The van der Waals surface area contributed by atoms with Crippen LogP contribution in [0.15, 0.2) is 60.8 Å². The Balaban J connectivity index is 2.14. The highest BCUT2D eigenvalue weighted by Crippen LogP contribution is 2.23. The van der Waals surface area contributed by atoms with Gasteiger partial charge in [-0.05, 0) is 37.1 Å². The molecule has 2 nitrogen and oxygen atoms in total. The number of para-hydroxylation sites is 1. The van der Waals surface area contributed by atoms with Crippen LogP contribution in [0.4, 0.5) is 0 Å². The predicted molar refractivity (Wildman–Crippen MR) is 80.4 cm³/mol. The van der Waals surface area contributed by atoms with Crippen molar-refractivity contribution in [2.45, 2.75) is 6.42 Å². The van der Waals surface area contributed by atoms with Crippen LogP contribution in [0.2, 0.25) is 0 Å². The summed E-state index contributed by atoms with van der Waals surface area (Å²) < 4.78 is 1.99. The van der Waals surface area contributed by atoms with Crippen LogP contribution in [0, 0.1) is 13.8 Å². The van der Waals surface area contributed by atoms with E-state index in [9.17, 15) is 0 Å². The van der Waals surface area contributed by atoms with Gasteiger partial charge in [0.15, 0.2) is 0 Å². The molecule has 96 valence electrons. The Morgan fingerprint density at radius 3 is 2.55 bits per heavy atom. The van der Waals surface area contributed by atoms with Gasteiger partial charge in [-0.3, -0.25) is 4.57 Å². The van der Waals surface area contributed by atoms with Crippen molar-refractivity contribution in [2.75, 3.05) is 0 Å². The highest BCUT2D eigenvalue weighted by atomic mass is 15.1. The van der Waals surface area contributed by atoms with Crippen molar-refractivity contribution in [3.8, 4) is 17.1 Å². The van der Waals surface area contributed by atoms with Gasteiger partial charge in [0.2, 0.25) is 0 Å². The van der Waals surface area contributed by atoms with Gasteiger partial charge in [-0.15, -0.1) is 0 Å². The average molecular weight is 258 g/mol. The molecule has 0 aliphatic carbocycles. The van der Waals surface area contributed by atoms with Gasteiger partial charge in [-0.1, -0.05) is 36.4 Å². The monoisotopic (exact) mass is 258 g/mol. The zero-order chi connectivity index (χ0) is 13.9. The van der Waals surface area contributed by atoms with Crippen molar-refractivity contribution < 1.29 is 0 Å². The Bertz CT molecular complexity index is 711. The van der Waals surface area contributed by atoms with E-state index in [1.165, 1.54) is 0 Å². The molecule has 0 bridgehead atoms. The second-order valence-corrected chi connectivity index (χ2v) is 4.60. The first-order valence-electron chi connectivity index (χ1n) is 6.47. The molecular weight excluding hydrogens is 244 g/mol. The van der Waals surface area contributed by atoms with E-state index in [1.807, 2.05) is 65.4 Å². The largest absolute Gasteiger partial charge is 0.300 e. The van der Waals surface area contributed by atoms with Crippen molar-refractivity contribution in [3.05, 3.63) is 85.9 Å². The van der Waals surface area contributed by atoms with Crippen molar-refractivity contribution in [3.63, 3.8) is 0 Å². The minimum Gasteiger partial charge on any atom is -0.300 e. The number of imidazole rings is 1. The number of benzene rings is 2. The molecule has 0 aliphatic heterocycles. The highest BCUT2D eigenvalue weighted by molar-refractivity contribution is 5.60. The average Bonchev–Trinajstić information content (AvgIpc) is 2.90. The topological polar surface area (TPSA) is 17.8 Å². The smallest absolute Gasteiger partial charge is 0.144 e. The lowest BCUT2D eigenvalue weighted by Crippen LogP contribution is -1.96. The van der Waals surface area contributed by atoms with Crippen LogP contribution < -0.4 is 0 Å². The Kier molecular flexibility index (Phi) is 3.38. The van der Waals surface area contributed by atoms with Crippen LogP contribution in [0.5, 0.6) is 0 Å². The summed E-state index contributed by atoms with van der Waals surface area (Å²) in [6, 6.07) is 18.1. The maximum atomic E-state index is 5.87. The van der Waals surface area contributed by atoms with Crippen LogP contribution in [-0.4, -0.2) is 9.55 Å². The quantitative estimate of drug-likeness (QED) is 0.697. The third-order valence-corrected chi connectivity index (χ3v) is 3.18. The Morgan fingerprint density at radius 1 is 1.00 bits per heavy atom. The lowest BCUT2D eigenvalue weighted by atomic mass is 10.1. The molecule has 0 saturated carbocycles. The summed E-state index contributed by atoms with van der Waals surface area (Å²) in [4.78, 5) is 4.43. The van der Waals surface area contributed by atoms with Crippen LogP contribution in [-0.2, 0) is 6.42 Å². The van der Waals surface area contributed by atoms with Gasteiger partial charge < -0.3 is 0 Å². The van der Waals surface area contributed by atoms with E-state index in [1.54, 1.807) is 0 Å². The molecule has 2 heteroatoms. The van der Waals surface area contributed by atoms with E-state index in [4.69, 9.17) is 13.8 Å². The number of rotatable bonds is 3. The lowest BCUT2D eigenvalue weighted by Gasteiger charge is -2.08. The standard InChI is InChI=1S/C18H14N2/c1-3-15-8-7-9-16(12-15)18-19-14(2)13-20(18)17-10-5-4-6-11-17/h1-2,4-13H,3H2. The highest BCUT2D eigenvalue weighted by Gasteiger charge is 2.10. The van der Waals surface area contributed by atoms with Gasteiger partial charge in [-0.2, -0.15) is 0 Å². The van der Waals surface area contributed by atoms with Crippen LogP contribution >= 0.6 is 0 Å². The molecular formula is C18H14N2. The molecule has 1 aromatic heterocycles. The Labute approximate surface area is 119 Å². The van der Waals surface area contributed by atoms with Gasteiger partial charge in [0.1, 0.15) is 5.82 Å². The summed E-state index contributed by atoms with van der Waals surface area (Å²) in [5.74, 6) is 0.823. The molecule has 0 N–H and O–H groups in total. The van der Waals surface area contributed by atoms with Gasteiger partial charge in [0.05, 0.1) is 5.69 Å². The maximum Gasteiger partial charge on any atom is 0.144 e. The molecule has 0 spiro atoms. The van der Waals surface area contributed by atoms with Gasteiger partial charge in [0.25, 0.3) is 0 Å². The molecule has 0 unspecified atom stereocenters. The molecule has 0 atom stereocenters. The van der Waals surface area contributed by atoms with Crippen molar-refractivity contribution in [1.29, 1.82) is 0 Å². The molecule has 3 rings (SSSR count). The van der Waals surface area contributed by atoms with E-state index in [2.05, 4.69) is 4.98 Å². The normalized spacial score (nSPS) is 10.7. The number of nitrogens with zero attached hydrogens (tertiary/aromatic N) is 2. The third kappa shape index (κ3) is 2.37. The third-order valence-electron chi connectivity index (χ3n) is 3.18. The molecule has 4 radical (unpaired) electrons. The summed E-state index contributed by atoms with van der Waals surface area (Å²) in [5.41, 5.74) is 3.61. The minimum absolute atomic E-state index is 0.502. The molecule has 20 heavy (non-hydrogen) atoms. The van der Waals surface area contributed by atoms with Crippen LogP contribution in [0.3, 0.4) is 0 Å². The summed E-state index contributed by atoms with van der Waals surface area (Å²) in [7, 11) is 0. The van der Waals surface area contributed by atoms with E-state index in [0.717, 1.165) is 22.6 Å². The van der Waals surface area contributed by atoms with E-state index in [0.29, 0.717) is 12.1 Å². The van der Waals surface area contributed by atoms with Gasteiger partial charge in [-0.25, -0.2) is 4.98 Å². The zero-order valence-corrected chi connectivity index (χ0v) is 11.0. The first-order chi connectivity index (χ1) is 9.78. The fourth-order valence-electron chi connectivity index (χ4n) is 2.22. The van der Waals surface area contributed by atoms with Crippen molar-refractivity contribution >= 4 is 0 Å². The first-order valence-corrected chi connectivity index (χ1v) is 6.47. The molecule has 3 aromatic rings. The summed E-state index contributed by atoms with van der Waals surface area (Å²) in [6.07, 6.45) is 2.34. The molecule has 1 heterocycles. The fourth-order valence-corrected chi connectivity index (χ4v) is 2.22. The summed E-state index contributed by atoms with van der Waals surface area (Å²) >= 11 is 0. The van der Waals surface area contributed by atoms with Gasteiger partial charge in [0, 0.05) is 24.4 Å². The SMILES string of the molecule is [CH]Cc1cccc(-c2nc([CH])cn2-c2ccccc2)c1. The second kappa shape index (κ2) is 5.33. The first kappa shape index (κ1) is 12.7. The molecule has 0 aliphatic rings. The van der Waals surface area contributed by atoms with E-state index in [-0.39, 0.29) is 0 Å². The van der Waals surface area contributed by atoms with Crippen molar-refractivity contribution in [2.24, 2.45) is 0 Å². The van der Waals surface area contributed by atoms with E-state index >= 15 is 0 Å². The molecule has 0 saturated heterocycles. The zero-order valence-electron chi connectivity index (χ0n) is 11.0. The lowest BCUT2D eigenvalue weighted by molar-refractivity contribution is 1.07. The number of aromatic nitrogens is 2. The summed E-state index contributed by atoms with van der Waals surface area (Å²) in [6.45, 7) is 11.6. The predicted octanol–water partition coefficient (Wildman–Crippen LogP) is 3.85. The summed E-state index contributed by atoms with van der Waals surface area (Å²) in [5, 5.41) is 0. The second-order valence-electron chi connectivity index (χ2n) is 4.60. The molecule has 0 amide bonds. The molecule has 2 aromatic carbocycles. The number of hydrogen-bond donors (Lipinski definition) is 0. The molecule has 0 fully saturated rings. The maximum absolute atomic E-state index is 5.87. The van der Waals surface area contributed by atoms with Gasteiger partial charge >= 0.3 is 0 Å². The number of hydrogen-bond acceptors (Lipinski definition) is 1. The van der Waals surface area contributed by atoms with E-state index < -0.39 is 0 Å². The van der Waals surface area contributed by atoms with Crippen LogP contribution in [0.1, 0.15) is 11.3 Å². The fraction of sp³-hybridized carbons (Fsp3) is 0.0556. The van der Waals surface area contributed by atoms with Crippen molar-refractivity contribution in [1.82, 2.24) is 9.55 Å². The minimum atomic E-state index is 0.502. The van der Waals surface area contributed by atoms with Crippen LogP contribution in [0.25, 0.3) is 17.1 Å². The Morgan fingerprint density at radius 2 is 1.80 bits per heavy atom.